The first-order valence-electron chi connectivity index (χ1n) is 6.26. The Morgan fingerprint density at radius 1 is 1.40 bits per heavy atom. The second kappa shape index (κ2) is 4.97. The van der Waals surface area contributed by atoms with E-state index in [0.29, 0.717) is 11.8 Å². The predicted octanol–water partition coefficient (Wildman–Crippen LogP) is 1.39. The molecule has 1 atom stereocenters. The van der Waals surface area contributed by atoms with E-state index in [0.717, 1.165) is 31.8 Å². The molecule has 0 aromatic rings. The molecule has 3 nitrogen and oxygen atoms in total. The fourth-order valence-corrected chi connectivity index (χ4v) is 2.25. The molecule has 0 radical (unpaired) electrons. The number of hydrogen-bond acceptors (Lipinski definition) is 2. The third-order valence-corrected chi connectivity index (χ3v) is 3.80. The van der Waals surface area contributed by atoms with Crippen LogP contribution in [0.5, 0.6) is 0 Å². The maximum atomic E-state index is 11.8. The molecule has 1 amide bonds. The lowest BCUT2D eigenvalue weighted by Gasteiger charge is -2.31. The monoisotopic (exact) mass is 210 g/mol. The van der Waals surface area contributed by atoms with Crippen LogP contribution in [0.3, 0.4) is 0 Å². The first-order valence-corrected chi connectivity index (χ1v) is 6.26. The normalized spacial score (nSPS) is 25.5. The average molecular weight is 210 g/mol. The van der Waals surface area contributed by atoms with Gasteiger partial charge in [0.1, 0.15) is 0 Å². The predicted molar refractivity (Wildman–Crippen MR) is 60.6 cm³/mol. The number of carbonyl (C=O) groups is 1. The number of nitrogens with zero attached hydrogens (tertiary/aromatic N) is 1. The molecule has 1 saturated heterocycles. The fourth-order valence-electron chi connectivity index (χ4n) is 2.25. The Morgan fingerprint density at radius 2 is 2.13 bits per heavy atom. The Labute approximate surface area is 92.2 Å². The van der Waals surface area contributed by atoms with E-state index in [1.165, 1.54) is 25.8 Å². The lowest BCUT2D eigenvalue weighted by molar-refractivity contribution is -0.136. The second-order valence-corrected chi connectivity index (χ2v) is 4.97. The summed E-state index contributed by atoms with van der Waals surface area (Å²) >= 11 is 0. The van der Waals surface area contributed by atoms with Crippen LogP contribution in [-0.2, 0) is 4.79 Å². The van der Waals surface area contributed by atoms with E-state index in [1.807, 2.05) is 11.9 Å². The Balaban J connectivity index is 1.58. The van der Waals surface area contributed by atoms with E-state index >= 15 is 0 Å². The van der Waals surface area contributed by atoms with Crippen LogP contribution in [0.25, 0.3) is 0 Å². The van der Waals surface area contributed by atoms with Gasteiger partial charge in [-0.3, -0.25) is 4.79 Å². The van der Waals surface area contributed by atoms with Crippen molar-refractivity contribution in [3.8, 4) is 0 Å². The molecule has 2 aliphatic rings. The highest BCUT2D eigenvalue weighted by Crippen LogP contribution is 2.27. The van der Waals surface area contributed by atoms with Crippen LogP contribution in [-0.4, -0.2) is 37.0 Å². The van der Waals surface area contributed by atoms with Crippen LogP contribution < -0.4 is 5.32 Å². The van der Waals surface area contributed by atoms with Crippen LogP contribution in [0.2, 0.25) is 0 Å². The topological polar surface area (TPSA) is 32.3 Å². The van der Waals surface area contributed by atoms with Crippen LogP contribution in [0.4, 0.5) is 0 Å². The van der Waals surface area contributed by atoms with E-state index in [-0.39, 0.29) is 0 Å². The van der Waals surface area contributed by atoms with Gasteiger partial charge in [-0.25, -0.2) is 0 Å². The Morgan fingerprint density at radius 3 is 2.60 bits per heavy atom. The molecule has 1 N–H and O–H groups in total. The summed E-state index contributed by atoms with van der Waals surface area (Å²) in [6, 6.07) is 0.734. The summed E-state index contributed by atoms with van der Waals surface area (Å²) in [6.45, 7) is 2.12. The minimum absolute atomic E-state index is 0.358. The summed E-state index contributed by atoms with van der Waals surface area (Å²) in [4.78, 5) is 13.7. The van der Waals surface area contributed by atoms with Gasteiger partial charge in [-0.15, -0.1) is 0 Å². The second-order valence-electron chi connectivity index (χ2n) is 4.97. The summed E-state index contributed by atoms with van der Waals surface area (Å²) in [5, 5.41) is 3.39. The van der Waals surface area contributed by atoms with Gasteiger partial charge in [0, 0.05) is 25.6 Å². The van der Waals surface area contributed by atoms with Crippen LogP contribution in [0, 0.1) is 5.92 Å². The summed E-state index contributed by atoms with van der Waals surface area (Å²) in [5.74, 6) is 0.736. The smallest absolute Gasteiger partial charge is 0.225 e. The first kappa shape index (κ1) is 10.9. The first-order chi connectivity index (χ1) is 7.27. The number of amides is 1. The van der Waals surface area contributed by atoms with Crippen molar-refractivity contribution in [2.75, 3.05) is 20.1 Å². The van der Waals surface area contributed by atoms with Gasteiger partial charge >= 0.3 is 0 Å². The van der Waals surface area contributed by atoms with E-state index in [1.54, 1.807) is 0 Å². The third kappa shape index (κ3) is 2.71. The van der Waals surface area contributed by atoms with Gasteiger partial charge in [0.05, 0.1) is 0 Å². The highest BCUT2D eigenvalue weighted by atomic mass is 16.2. The Hall–Kier alpha value is -0.570. The molecule has 1 heterocycles. The molecule has 3 heteroatoms. The van der Waals surface area contributed by atoms with Gasteiger partial charge in [-0.2, -0.15) is 0 Å². The molecule has 2 rings (SSSR count). The minimum Gasteiger partial charge on any atom is -0.346 e. The van der Waals surface area contributed by atoms with Crippen LogP contribution >= 0.6 is 0 Å². The van der Waals surface area contributed by atoms with Crippen LogP contribution in [0.1, 0.15) is 38.5 Å². The number of hydrogen-bond donors (Lipinski definition) is 1. The van der Waals surface area contributed by atoms with Crippen molar-refractivity contribution < 1.29 is 4.79 Å². The molecule has 1 aliphatic heterocycles. The molecule has 0 bridgehead atoms. The van der Waals surface area contributed by atoms with Gasteiger partial charge in [-0.05, 0) is 38.6 Å². The van der Waals surface area contributed by atoms with Crippen LogP contribution in [0.15, 0.2) is 0 Å². The quantitative estimate of drug-likeness (QED) is 0.743. The molecule has 0 aromatic heterocycles. The van der Waals surface area contributed by atoms with Gasteiger partial charge in [-0.1, -0.05) is 6.42 Å². The molecule has 86 valence electrons. The fraction of sp³-hybridized carbons (Fsp3) is 0.917. The highest BCUT2D eigenvalue weighted by Gasteiger charge is 2.27. The Kier molecular flexibility index (Phi) is 3.62. The number of carbonyl (C=O) groups excluding carboxylic acids is 1. The summed E-state index contributed by atoms with van der Waals surface area (Å²) in [7, 11) is 1.95. The van der Waals surface area contributed by atoms with Crippen molar-refractivity contribution >= 4 is 5.91 Å². The lowest BCUT2D eigenvalue weighted by atomic mass is 9.84. The molecule has 1 aliphatic carbocycles. The van der Waals surface area contributed by atoms with Gasteiger partial charge in [0.15, 0.2) is 0 Å². The zero-order valence-corrected chi connectivity index (χ0v) is 9.67. The average Bonchev–Trinajstić information content (AvgIpc) is 2.05. The molecule has 2 fully saturated rings. The van der Waals surface area contributed by atoms with E-state index < -0.39 is 0 Å². The number of rotatable bonds is 5. The highest BCUT2D eigenvalue weighted by molar-refractivity contribution is 5.79. The van der Waals surface area contributed by atoms with Crippen molar-refractivity contribution in [3.05, 3.63) is 0 Å². The summed E-state index contributed by atoms with van der Waals surface area (Å²) < 4.78 is 0. The zero-order chi connectivity index (χ0) is 10.7. The molecule has 15 heavy (non-hydrogen) atoms. The standard InChI is InChI=1S/C12H22N2O/c1-14(12(15)10-4-2-5-10)9-3-6-11-7-8-13-11/h10-11,13H,2-9H2,1H3. The zero-order valence-electron chi connectivity index (χ0n) is 9.67. The van der Waals surface area contributed by atoms with E-state index in [2.05, 4.69) is 5.32 Å². The Bertz CT molecular complexity index is 222. The summed E-state index contributed by atoms with van der Waals surface area (Å²) in [5.41, 5.74) is 0. The largest absolute Gasteiger partial charge is 0.346 e. The molecule has 1 unspecified atom stereocenters. The van der Waals surface area contributed by atoms with Crippen molar-refractivity contribution in [3.63, 3.8) is 0 Å². The third-order valence-electron chi connectivity index (χ3n) is 3.80. The minimum atomic E-state index is 0.358. The van der Waals surface area contributed by atoms with Gasteiger partial charge < -0.3 is 10.2 Å². The number of nitrogens with one attached hydrogen (secondary N) is 1. The van der Waals surface area contributed by atoms with Crippen molar-refractivity contribution in [1.82, 2.24) is 10.2 Å². The molecular weight excluding hydrogens is 188 g/mol. The van der Waals surface area contributed by atoms with Crippen molar-refractivity contribution in [1.29, 1.82) is 0 Å². The molecule has 1 saturated carbocycles. The van der Waals surface area contributed by atoms with Gasteiger partial charge in [0.25, 0.3) is 0 Å². The summed E-state index contributed by atoms with van der Waals surface area (Å²) in [6.07, 6.45) is 7.17. The van der Waals surface area contributed by atoms with E-state index in [9.17, 15) is 4.79 Å². The van der Waals surface area contributed by atoms with E-state index in [4.69, 9.17) is 0 Å². The molecular formula is C12H22N2O. The maximum Gasteiger partial charge on any atom is 0.225 e. The van der Waals surface area contributed by atoms with Crippen molar-refractivity contribution in [2.45, 2.75) is 44.6 Å². The molecule has 0 aromatic carbocycles. The lowest BCUT2D eigenvalue weighted by Crippen LogP contribution is -2.43. The van der Waals surface area contributed by atoms with Gasteiger partial charge in [0.2, 0.25) is 5.91 Å². The maximum absolute atomic E-state index is 11.8. The molecule has 0 spiro atoms. The SMILES string of the molecule is CN(CCCC1CCN1)C(=O)C1CCC1. The van der Waals surface area contributed by atoms with Crippen molar-refractivity contribution in [2.24, 2.45) is 5.92 Å².